The highest BCUT2D eigenvalue weighted by atomic mass is 32.2. The van der Waals surface area contributed by atoms with Gasteiger partial charge in [0.1, 0.15) is 0 Å². The number of esters is 1. The normalized spacial score (nSPS) is 10.8. The van der Waals surface area contributed by atoms with Gasteiger partial charge >= 0.3 is 12.1 Å². The van der Waals surface area contributed by atoms with Crippen LogP contribution in [-0.2, 0) is 25.6 Å². The van der Waals surface area contributed by atoms with E-state index in [1.165, 1.54) is 0 Å². The summed E-state index contributed by atoms with van der Waals surface area (Å²) in [6.07, 6.45) is -0.669. The first kappa shape index (κ1) is 18.7. The molecule has 7 nitrogen and oxygen atoms in total. The largest absolute Gasteiger partial charge is 0.463 e. The van der Waals surface area contributed by atoms with Crippen LogP contribution < -0.4 is 5.32 Å². The zero-order chi connectivity index (χ0) is 17.1. The smallest absolute Gasteiger partial charge is 0.413 e. The Morgan fingerprint density at radius 1 is 1.22 bits per heavy atom. The number of Topliss-reactive ketones (excluding diaryl/α,β-unsaturated/α-hetero) is 1. The minimum Gasteiger partial charge on any atom is -0.463 e. The van der Waals surface area contributed by atoms with E-state index in [9.17, 15) is 14.4 Å². The summed E-state index contributed by atoms with van der Waals surface area (Å²) >= 11 is 0.934. The van der Waals surface area contributed by atoms with Crippen molar-refractivity contribution in [3.63, 3.8) is 0 Å². The summed E-state index contributed by atoms with van der Waals surface area (Å²) in [7, 11) is 1.13. The number of benzene rings is 1. The van der Waals surface area contributed by atoms with E-state index in [0.717, 1.165) is 24.4 Å². The van der Waals surface area contributed by atoms with Gasteiger partial charge in [-0.25, -0.2) is 9.59 Å². The van der Waals surface area contributed by atoms with Gasteiger partial charge in [-0.1, -0.05) is 42.1 Å². The van der Waals surface area contributed by atoms with Crippen molar-refractivity contribution < 1.29 is 23.9 Å². The van der Waals surface area contributed by atoms with Crippen LogP contribution in [0.2, 0.25) is 0 Å². The van der Waals surface area contributed by atoms with Crippen molar-refractivity contribution >= 4 is 34.8 Å². The molecule has 0 saturated carbocycles. The molecule has 0 atom stereocenters. The number of nitrogens with zero attached hydrogens (tertiary/aromatic N) is 1. The number of rotatable bonds is 6. The molecule has 0 aromatic heterocycles. The van der Waals surface area contributed by atoms with E-state index in [4.69, 9.17) is 4.74 Å². The lowest BCUT2D eigenvalue weighted by Gasteiger charge is -2.08. The molecule has 1 aromatic rings. The van der Waals surface area contributed by atoms with Crippen molar-refractivity contribution in [3.05, 3.63) is 35.9 Å². The highest BCUT2D eigenvalue weighted by molar-refractivity contribution is 8.14. The van der Waals surface area contributed by atoms with Gasteiger partial charge in [0.2, 0.25) is 5.78 Å². The molecular formula is C15H18N2O5S. The lowest BCUT2D eigenvalue weighted by atomic mass is 10.2. The van der Waals surface area contributed by atoms with Gasteiger partial charge < -0.3 is 9.47 Å². The van der Waals surface area contributed by atoms with Crippen molar-refractivity contribution in [2.75, 3.05) is 19.5 Å². The van der Waals surface area contributed by atoms with E-state index >= 15 is 0 Å². The number of thioether (sulfide) groups is 1. The van der Waals surface area contributed by atoms with Gasteiger partial charge in [-0.3, -0.25) is 15.1 Å². The molecule has 8 heteroatoms. The highest BCUT2D eigenvalue weighted by Crippen LogP contribution is 2.07. The second-order valence-corrected chi connectivity index (χ2v) is 5.12. The van der Waals surface area contributed by atoms with Crippen LogP contribution in [0.4, 0.5) is 4.79 Å². The fraction of sp³-hybridized carbons (Fsp3) is 0.333. The third-order valence-electron chi connectivity index (χ3n) is 2.49. The fourth-order valence-electron chi connectivity index (χ4n) is 1.43. The van der Waals surface area contributed by atoms with Gasteiger partial charge in [-0.15, -0.1) is 0 Å². The molecule has 23 heavy (non-hydrogen) atoms. The third-order valence-corrected chi connectivity index (χ3v) is 3.40. The summed E-state index contributed by atoms with van der Waals surface area (Å²) in [6.45, 7) is 2.21. The summed E-state index contributed by atoms with van der Waals surface area (Å²) in [4.78, 5) is 38.3. The highest BCUT2D eigenvalue weighted by Gasteiger charge is 2.16. The van der Waals surface area contributed by atoms with Crippen molar-refractivity contribution in [2.24, 2.45) is 4.99 Å². The van der Waals surface area contributed by atoms with Gasteiger partial charge in [0, 0.05) is 0 Å². The van der Waals surface area contributed by atoms with Gasteiger partial charge in [0.25, 0.3) is 0 Å². The Bertz CT molecular complexity index is 574. The van der Waals surface area contributed by atoms with Crippen molar-refractivity contribution in [2.45, 2.75) is 13.5 Å². The maximum atomic E-state index is 11.5. The average Bonchev–Trinajstić information content (AvgIpc) is 2.57. The van der Waals surface area contributed by atoms with Gasteiger partial charge in [-0.2, -0.15) is 0 Å². The molecule has 0 bridgehead atoms. The molecule has 0 spiro atoms. The Labute approximate surface area is 138 Å². The topological polar surface area (TPSA) is 94.1 Å². The monoisotopic (exact) mass is 338 g/mol. The van der Waals surface area contributed by atoms with Crippen LogP contribution in [0.1, 0.15) is 12.5 Å². The molecule has 0 radical (unpaired) electrons. The SMILES string of the molecule is CCOC(=O)NC(=NCc1ccccc1)SCC(=O)C(=O)OC. The molecule has 0 aliphatic heterocycles. The molecular weight excluding hydrogens is 320 g/mol. The fourth-order valence-corrected chi connectivity index (χ4v) is 2.13. The minimum atomic E-state index is -0.934. The number of ketones is 1. The molecule has 1 N–H and O–H groups in total. The second-order valence-electron chi connectivity index (χ2n) is 4.16. The second kappa shape index (κ2) is 10.4. The molecule has 124 valence electrons. The first-order chi connectivity index (χ1) is 11.1. The summed E-state index contributed by atoms with van der Waals surface area (Å²) in [5.74, 6) is -1.83. The quantitative estimate of drug-likeness (QED) is 0.368. The summed E-state index contributed by atoms with van der Waals surface area (Å²) < 4.78 is 9.12. The predicted octanol–water partition coefficient (Wildman–Crippen LogP) is 1.76. The standard InChI is InChI=1S/C15H18N2O5S/c1-3-22-15(20)17-14(23-10-12(18)13(19)21-2)16-9-11-7-5-4-6-8-11/h4-8H,3,9-10H2,1-2H3,(H,16,17,20). The maximum Gasteiger partial charge on any atom is 0.413 e. The number of carbonyl (C=O) groups excluding carboxylic acids is 3. The molecule has 1 aromatic carbocycles. The lowest BCUT2D eigenvalue weighted by Crippen LogP contribution is -2.30. The molecule has 0 saturated heterocycles. The van der Waals surface area contributed by atoms with E-state index in [0.29, 0.717) is 6.54 Å². The Kier molecular flexibility index (Phi) is 8.45. The Morgan fingerprint density at radius 2 is 1.91 bits per heavy atom. The zero-order valence-corrected chi connectivity index (χ0v) is 13.7. The number of ether oxygens (including phenoxy) is 2. The number of amides is 1. The number of alkyl carbamates (subject to hydrolysis) is 1. The van der Waals surface area contributed by atoms with Gasteiger partial charge in [-0.05, 0) is 12.5 Å². The van der Waals surface area contributed by atoms with Crippen LogP contribution >= 0.6 is 11.8 Å². The minimum absolute atomic E-state index is 0.188. The Morgan fingerprint density at radius 3 is 2.52 bits per heavy atom. The molecule has 0 heterocycles. The molecule has 0 unspecified atom stereocenters. The predicted molar refractivity (Wildman–Crippen MR) is 87.2 cm³/mol. The van der Waals surface area contributed by atoms with E-state index in [1.54, 1.807) is 6.92 Å². The lowest BCUT2D eigenvalue weighted by molar-refractivity contribution is -0.150. The van der Waals surface area contributed by atoms with Crippen LogP contribution in [-0.4, -0.2) is 42.5 Å². The number of methoxy groups -OCH3 is 1. The first-order valence-corrected chi connectivity index (χ1v) is 7.81. The number of aliphatic imine (C=N–C) groups is 1. The molecule has 0 aliphatic rings. The molecule has 0 aliphatic carbocycles. The summed E-state index contributed by atoms with van der Waals surface area (Å²) in [6, 6.07) is 9.40. The van der Waals surface area contributed by atoms with E-state index < -0.39 is 17.8 Å². The number of carbonyl (C=O) groups is 3. The van der Waals surface area contributed by atoms with Gasteiger partial charge in [0.15, 0.2) is 5.17 Å². The Hall–Kier alpha value is -2.35. The van der Waals surface area contributed by atoms with E-state index in [1.807, 2.05) is 30.3 Å². The summed E-state index contributed by atoms with van der Waals surface area (Å²) in [5, 5.41) is 2.65. The van der Waals surface area contributed by atoms with Crippen LogP contribution in [0, 0.1) is 0 Å². The number of amidine groups is 1. The van der Waals surface area contributed by atoms with Crippen LogP contribution in [0.5, 0.6) is 0 Å². The van der Waals surface area contributed by atoms with Crippen LogP contribution in [0.3, 0.4) is 0 Å². The van der Waals surface area contributed by atoms with E-state index in [2.05, 4.69) is 15.0 Å². The van der Waals surface area contributed by atoms with Crippen molar-refractivity contribution in [1.29, 1.82) is 0 Å². The molecule has 0 fully saturated rings. The first-order valence-electron chi connectivity index (χ1n) is 6.83. The number of hydrogen-bond donors (Lipinski definition) is 1. The maximum absolute atomic E-state index is 11.5. The molecule has 1 amide bonds. The average molecular weight is 338 g/mol. The molecule has 1 rings (SSSR count). The van der Waals surface area contributed by atoms with Crippen molar-refractivity contribution in [3.8, 4) is 0 Å². The summed E-state index contributed by atoms with van der Waals surface area (Å²) in [5.41, 5.74) is 0.940. The Balaban J connectivity index is 2.70. The third kappa shape index (κ3) is 7.46. The zero-order valence-electron chi connectivity index (χ0n) is 12.9. The number of hydrogen-bond acceptors (Lipinski definition) is 7. The van der Waals surface area contributed by atoms with Gasteiger partial charge in [0.05, 0.1) is 26.0 Å². The van der Waals surface area contributed by atoms with Crippen LogP contribution in [0.25, 0.3) is 0 Å². The van der Waals surface area contributed by atoms with E-state index in [-0.39, 0.29) is 17.5 Å². The number of nitrogens with one attached hydrogen (secondary N) is 1. The van der Waals surface area contributed by atoms with Crippen molar-refractivity contribution in [1.82, 2.24) is 5.32 Å². The van der Waals surface area contributed by atoms with Crippen LogP contribution in [0.15, 0.2) is 35.3 Å².